The van der Waals surface area contributed by atoms with Crippen molar-refractivity contribution >= 4 is 5.97 Å². The van der Waals surface area contributed by atoms with Gasteiger partial charge in [0.15, 0.2) is 0 Å². The molecule has 0 N–H and O–H groups in total. The van der Waals surface area contributed by atoms with E-state index in [1.54, 1.807) is 0 Å². The normalized spacial score (nSPS) is 28.1. The number of ether oxygens (including phenoxy) is 1. The van der Waals surface area contributed by atoms with Crippen LogP contribution in [0.25, 0.3) is 0 Å². The van der Waals surface area contributed by atoms with E-state index in [1.807, 2.05) is 0 Å². The van der Waals surface area contributed by atoms with Gasteiger partial charge in [-0.25, -0.2) is 0 Å². The molecule has 2 unspecified atom stereocenters. The van der Waals surface area contributed by atoms with Gasteiger partial charge in [-0.15, -0.1) is 0 Å². The van der Waals surface area contributed by atoms with Gasteiger partial charge in [0.1, 0.15) is 6.61 Å². The predicted molar refractivity (Wildman–Crippen MR) is 65.6 cm³/mol. The molecule has 2 nitrogen and oxygen atoms in total. The Morgan fingerprint density at radius 2 is 1.75 bits per heavy atom. The molecule has 20 heavy (non-hydrogen) atoms. The topological polar surface area (TPSA) is 26.3 Å². The minimum absolute atomic E-state index is 0.0400. The molecule has 0 heterocycles. The highest BCUT2D eigenvalue weighted by molar-refractivity contribution is 5.76. The van der Waals surface area contributed by atoms with Crippen LogP contribution in [0.4, 0.5) is 13.2 Å². The van der Waals surface area contributed by atoms with Gasteiger partial charge in [-0.1, -0.05) is 18.6 Å². The molecule has 0 radical (unpaired) electrons. The quantitative estimate of drug-likeness (QED) is 0.789. The van der Waals surface area contributed by atoms with E-state index in [0.29, 0.717) is 17.4 Å². The highest BCUT2D eigenvalue weighted by Crippen LogP contribution is 2.57. The number of rotatable bonds is 3. The lowest BCUT2D eigenvalue weighted by Crippen LogP contribution is -2.10. The second kappa shape index (κ2) is 4.79. The molecule has 0 aromatic heterocycles. The molecule has 0 spiro atoms. The van der Waals surface area contributed by atoms with Crippen LogP contribution < -0.4 is 0 Å². The Kier molecular flexibility index (Phi) is 3.22. The number of fused-ring (bicyclic) bond motifs is 1. The zero-order chi connectivity index (χ0) is 14.3. The smallest absolute Gasteiger partial charge is 0.416 e. The number of hydrogen-bond donors (Lipinski definition) is 0. The first-order valence-corrected chi connectivity index (χ1v) is 6.79. The molecule has 1 aromatic rings. The maximum absolute atomic E-state index is 12.4. The summed E-state index contributed by atoms with van der Waals surface area (Å²) in [5.41, 5.74) is -0.110. The number of halogens is 3. The Labute approximate surface area is 114 Å². The van der Waals surface area contributed by atoms with Gasteiger partial charge in [-0.05, 0) is 42.4 Å². The summed E-state index contributed by atoms with van der Waals surface area (Å²) >= 11 is 0. The summed E-state index contributed by atoms with van der Waals surface area (Å²) in [6.07, 6.45) is -0.936. The van der Waals surface area contributed by atoms with E-state index in [2.05, 4.69) is 0 Å². The summed E-state index contributed by atoms with van der Waals surface area (Å²) < 4.78 is 42.4. The number of benzene rings is 1. The Balaban J connectivity index is 1.52. The van der Waals surface area contributed by atoms with Crippen molar-refractivity contribution in [3.8, 4) is 0 Å². The summed E-state index contributed by atoms with van der Waals surface area (Å²) in [5.74, 6) is 0.836. The fourth-order valence-electron chi connectivity index (χ4n) is 3.21. The average Bonchev–Trinajstić information content (AvgIpc) is 2.89. The number of esters is 1. The van der Waals surface area contributed by atoms with E-state index in [1.165, 1.54) is 18.6 Å². The molecule has 2 atom stereocenters. The molecule has 5 heteroatoms. The molecule has 0 aliphatic heterocycles. The monoisotopic (exact) mass is 284 g/mol. The van der Waals surface area contributed by atoms with Crippen LogP contribution in [0.3, 0.4) is 0 Å². The number of carbonyl (C=O) groups excluding carboxylic acids is 1. The van der Waals surface area contributed by atoms with Crippen LogP contribution in [0.2, 0.25) is 0 Å². The minimum Gasteiger partial charge on any atom is -0.461 e. The Morgan fingerprint density at radius 3 is 2.30 bits per heavy atom. The van der Waals surface area contributed by atoms with Crippen LogP contribution >= 0.6 is 0 Å². The van der Waals surface area contributed by atoms with Crippen molar-refractivity contribution in [3.05, 3.63) is 35.4 Å². The van der Waals surface area contributed by atoms with E-state index in [4.69, 9.17) is 4.74 Å². The van der Waals surface area contributed by atoms with Crippen LogP contribution in [0, 0.1) is 17.8 Å². The van der Waals surface area contributed by atoms with Crippen LogP contribution in [0.15, 0.2) is 24.3 Å². The largest absolute Gasteiger partial charge is 0.461 e. The third-order valence-corrected chi connectivity index (χ3v) is 4.34. The molecule has 0 saturated heterocycles. The van der Waals surface area contributed by atoms with Gasteiger partial charge in [0.2, 0.25) is 0 Å². The van der Waals surface area contributed by atoms with Gasteiger partial charge in [0.25, 0.3) is 0 Å². The fourth-order valence-corrected chi connectivity index (χ4v) is 3.21. The number of hydrogen-bond acceptors (Lipinski definition) is 2. The zero-order valence-corrected chi connectivity index (χ0v) is 10.8. The summed E-state index contributed by atoms with van der Waals surface area (Å²) in [5, 5.41) is 0. The second-order valence-electron chi connectivity index (χ2n) is 5.59. The maximum Gasteiger partial charge on any atom is 0.416 e. The molecular formula is C15H15F3O2. The van der Waals surface area contributed by atoms with Crippen molar-refractivity contribution in [2.75, 3.05) is 0 Å². The lowest BCUT2D eigenvalue weighted by Gasteiger charge is -2.09. The number of alkyl halides is 3. The average molecular weight is 284 g/mol. The Morgan fingerprint density at radius 1 is 1.15 bits per heavy atom. The van der Waals surface area contributed by atoms with E-state index >= 15 is 0 Å². The fraction of sp³-hybridized carbons (Fsp3) is 0.533. The van der Waals surface area contributed by atoms with Gasteiger partial charge < -0.3 is 4.74 Å². The molecule has 2 aliphatic carbocycles. The predicted octanol–water partition coefficient (Wildman–Crippen LogP) is 3.79. The Bertz CT molecular complexity index is 497. The SMILES string of the molecule is O=C(OCc1ccc(C(F)(F)F)cc1)C1C2CCCC21. The van der Waals surface area contributed by atoms with Crippen LogP contribution in [-0.2, 0) is 22.3 Å². The molecule has 3 rings (SSSR count). The summed E-state index contributed by atoms with van der Waals surface area (Å²) in [6.45, 7) is 0.0485. The van der Waals surface area contributed by atoms with E-state index in [-0.39, 0.29) is 18.5 Å². The van der Waals surface area contributed by atoms with E-state index in [0.717, 1.165) is 25.0 Å². The molecule has 0 amide bonds. The summed E-state index contributed by atoms with van der Waals surface area (Å²) in [4.78, 5) is 11.8. The lowest BCUT2D eigenvalue weighted by molar-refractivity contribution is -0.147. The first-order chi connectivity index (χ1) is 9.47. The zero-order valence-electron chi connectivity index (χ0n) is 10.8. The van der Waals surface area contributed by atoms with Crippen molar-refractivity contribution in [2.24, 2.45) is 17.8 Å². The van der Waals surface area contributed by atoms with Crippen molar-refractivity contribution < 1.29 is 22.7 Å². The molecule has 2 aliphatic rings. The summed E-state index contributed by atoms with van der Waals surface area (Å²) in [7, 11) is 0. The molecule has 1 aromatic carbocycles. The Hall–Kier alpha value is -1.52. The molecule has 2 fully saturated rings. The van der Waals surface area contributed by atoms with E-state index < -0.39 is 11.7 Å². The highest BCUT2D eigenvalue weighted by Gasteiger charge is 2.57. The molecular weight excluding hydrogens is 269 g/mol. The number of carbonyl (C=O) groups is 1. The van der Waals surface area contributed by atoms with Gasteiger partial charge in [0, 0.05) is 0 Å². The molecule has 108 valence electrons. The maximum atomic E-state index is 12.4. The standard InChI is InChI=1S/C15H15F3O2/c16-15(17,18)10-6-4-9(5-7-10)8-20-14(19)13-11-2-1-3-12(11)13/h4-7,11-13H,1-3,8H2. The first kappa shape index (κ1) is 13.5. The third kappa shape index (κ3) is 2.53. The highest BCUT2D eigenvalue weighted by atomic mass is 19.4. The lowest BCUT2D eigenvalue weighted by atomic mass is 10.1. The minimum atomic E-state index is -4.33. The van der Waals surface area contributed by atoms with Gasteiger partial charge >= 0.3 is 12.1 Å². The van der Waals surface area contributed by atoms with Crippen molar-refractivity contribution in [1.29, 1.82) is 0 Å². The van der Waals surface area contributed by atoms with Crippen LogP contribution in [-0.4, -0.2) is 5.97 Å². The first-order valence-electron chi connectivity index (χ1n) is 6.79. The van der Waals surface area contributed by atoms with E-state index in [9.17, 15) is 18.0 Å². The van der Waals surface area contributed by atoms with Crippen molar-refractivity contribution in [3.63, 3.8) is 0 Å². The van der Waals surface area contributed by atoms with Crippen LogP contribution in [0.5, 0.6) is 0 Å². The van der Waals surface area contributed by atoms with Crippen molar-refractivity contribution in [1.82, 2.24) is 0 Å². The van der Waals surface area contributed by atoms with Crippen molar-refractivity contribution in [2.45, 2.75) is 32.0 Å². The molecule has 0 bridgehead atoms. The van der Waals surface area contributed by atoms with Gasteiger partial charge in [-0.3, -0.25) is 4.79 Å². The molecule has 2 saturated carbocycles. The second-order valence-corrected chi connectivity index (χ2v) is 5.59. The van der Waals surface area contributed by atoms with Gasteiger partial charge in [0.05, 0.1) is 11.5 Å². The third-order valence-electron chi connectivity index (χ3n) is 4.34. The van der Waals surface area contributed by atoms with Gasteiger partial charge in [-0.2, -0.15) is 13.2 Å². The van der Waals surface area contributed by atoms with Crippen LogP contribution in [0.1, 0.15) is 30.4 Å². The summed E-state index contributed by atoms with van der Waals surface area (Å²) in [6, 6.07) is 4.72.